The van der Waals surface area contributed by atoms with E-state index in [1.807, 2.05) is 13.8 Å². The predicted octanol–water partition coefficient (Wildman–Crippen LogP) is -0.0925. The SMILES string of the molecule is [B]OC[C@]1(O)C=C[C@@H]2OC(C)(C)O[C@@H]21. The van der Waals surface area contributed by atoms with E-state index in [-0.39, 0.29) is 12.7 Å². The van der Waals surface area contributed by atoms with Crippen molar-refractivity contribution in [2.45, 2.75) is 37.4 Å². The molecule has 2 radical (unpaired) electrons. The molecule has 0 aromatic rings. The summed E-state index contributed by atoms with van der Waals surface area (Å²) < 4.78 is 15.6. The van der Waals surface area contributed by atoms with Gasteiger partial charge in [0, 0.05) is 0 Å². The van der Waals surface area contributed by atoms with Crippen LogP contribution >= 0.6 is 0 Å². The van der Waals surface area contributed by atoms with Gasteiger partial charge in [0.1, 0.15) is 17.8 Å². The van der Waals surface area contributed by atoms with E-state index >= 15 is 0 Å². The van der Waals surface area contributed by atoms with Gasteiger partial charge in [0.25, 0.3) is 8.05 Å². The molecule has 1 heterocycles. The lowest BCUT2D eigenvalue weighted by atomic mass is 10.0. The average molecular weight is 196 g/mol. The molecule has 2 aliphatic rings. The Morgan fingerprint density at radius 1 is 1.50 bits per heavy atom. The summed E-state index contributed by atoms with van der Waals surface area (Å²) in [4.78, 5) is 0. The molecule has 5 heteroatoms. The molecular weight excluding hydrogens is 183 g/mol. The Kier molecular flexibility index (Phi) is 2.23. The van der Waals surface area contributed by atoms with Gasteiger partial charge in [-0.05, 0) is 19.9 Å². The molecule has 4 nitrogen and oxygen atoms in total. The second-order valence-electron chi connectivity index (χ2n) is 4.18. The fraction of sp³-hybridized carbons (Fsp3) is 0.778. The molecule has 0 saturated carbocycles. The number of fused-ring (bicyclic) bond motifs is 1. The molecule has 2 rings (SSSR count). The standard InChI is InChI=1S/C9H13BO4/c1-8(2)13-6-3-4-9(11,5-12-10)7(6)14-8/h3-4,6-7,11H,5H2,1-2H3/t6-,7-,9+/m0/s1. The van der Waals surface area contributed by atoms with Crippen LogP contribution in [0.5, 0.6) is 0 Å². The van der Waals surface area contributed by atoms with Crippen molar-refractivity contribution in [2.24, 2.45) is 0 Å². The van der Waals surface area contributed by atoms with Crippen LogP contribution in [-0.4, -0.2) is 43.4 Å². The first-order valence-corrected chi connectivity index (χ1v) is 4.56. The second-order valence-corrected chi connectivity index (χ2v) is 4.18. The summed E-state index contributed by atoms with van der Waals surface area (Å²) in [6.07, 6.45) is 2.74. The Morgan fingerprint density at radius 3 is 2.86 bits per heavy atom. The lowest BCUT2D eigenvalue weighted by Gasteiger charge is -2.28. The summed E-state index contributed by atoms with van der Waals surface area (Å²) in [5.41, 5.74) is -1.17. The molecule has 0 amide bonds. The average Bonchev–Trinajstić information content (AvgIpc) is 2.50. The number of hydrogen-bond acceptors (Lipinski definition) is 4. The fourth-order valence-corrected chi connectivity index (χ4v) is 1.94. The Hall–Kier alpha value is -0.355. The van der Waals surface area contributed by atoms with Gasteiger partial charge in [0.05, 0.1) is 6.61 Å². The highest BCUT2D eigenvalue weighted by Crippen LogP contribution is 2.39. The lowest BCUT2D eigenvalue weighted by molar-refractivity contribution is -0.167. The quantitative estimate of drug-likeness (QED) is 0.495. The molecule has 1 aliphatic carbocycles. The van der Waals surface area contributed by atoms with Gasteiger partial charge in [-0.3, -0.25) is 0 Å². The Labute approximate surface area is 84.3 Å². The van der Waals surface area contributed by atoms with Gasteiger partial charge in [0.2, 0.25) is 0 Å². The predicted molar refractivity (Wildman–Crippen MR) is 49.6 cm³/mol. The highest BCUT2D eigenvalue weighted by molar-refractivity contribution is 5.98. The van der Waals surface area contributed by atoms with Crippen molar-refractivity contribution in [1.82, 2.24) is 0 Å². The van der Waals surface area contributed by atoms with Crippen LogP contribution < -0.4 is 0 Å². The lowest BCUT2D eigenvalue weighted by Crippen LogP contribution is -2.45. The van der Waals surface area contributed by atoms with E-state index in [2.05, 4.69) is 4.65 Å². The van der Waals surface area contributed by atoms with Crippen LogP contribution in [0.15, 0.2) is 12.2 Å². The molecule has 3 atom stereocenters. The minimum atomic E-state index is -1.17. The van der Waals surface area contributed by atoms with Crippen LogP contribution in [0, 0.1) is 0 Å². The van der Waals surface area contributed by atoms with Crippen molar-refractivity contribution in [3.05, 3.63) is 12.2 Å². The second kappa shape index (κ2) is 3.07. The largest absolute Gasteiger partial charge is 0.444 e. The van der Waals surface area contributed by atoms with Crippen LogP contribution in [-0.2, 0) is 14.1 Å². The van der Waals surface area contributed by atoms with E-state index in [1.165, 1.54) is 0 Å². The molecule has 1 N–H and O–H groups in total. The first kappa shape index (κ1) is 10.2. The van der Waals surface area contributed by atoms with Crippen molar-refractivity contribution < 1.29 is 19.2 Å². The van der Waals surface area contributed by atoms with Crippen LogP contribution in [0.4, 0.5) is 0 Å². The zero-order chi connectivity index (χ0) is 10.4. The molecule has 0 unspecified atom stereocenters. The van der Waals surface area contributed by atoms with E-state index in [0.29, 0.717) is 0 Å². The Bertz CT molecular complexity index is 266. The van der Waals surface area contributed by atoms with Gasteiger partial charge < -0.3 is 19.2 Å². The van der Waals surface area contributed by atoms with Crippen molar-refractivity contribution in [3.8, 4) is 0 Å². The number of hydrogen-bond donors (Lipinski definition) is 1. The summed E-state index contributed by atoms with van der Waals surface area (Å²) in [5, 5.41) is 10.1. The summed E-state index contributed by atoms with van der Waals surface area (Å²) in [5.74, 6) is -0.664. The minimum absolute atomic E-state index is 0.00407. The maximum Gasteiger partial charge on any atom is 0.282 e. The van der Waals surface area contributed by atoms with Crippen LogP contribution in [0.3, 0.4) is 0 Å². The zero-order valence-electron chi connectivity index (χ0n) is 8.27. The molecule has 1 saturated heterocycles. The van der Waals surface area contributed by atoms with E-state index in [1.54, 1.807) is 12.2 Å². The van der Waals surface area contributed by atoms with Gasteiger partial charge in [-0.2, -0.15) is 0 Å². The molecule has 1 aliphatic heterocycles. The van der Waals surface area contributed by atoms with Crippen LogP contribution in [0.2, 0.25) is 0 Å². The third-order valence-electron chi connectivity index (χ3n) is 2.51. The Morgan fingerprint density at radius 2 is 2.21 bits per heavy atom. The molecule has 1 fully saturated rings. The monoisotopic (exact) mass is 196 g/mol. The highest BCUT2D eigenvalue weighted by atomic mass is 16.8. The number of ether oxygens (including phenoxy) is 2. The summed E-state index contributed by atoms with van der Waals surface area (Å²) in [6, 6.07) is 0. The van der Waals surface area contributed by atoms with E-state index in [4.69, 9.17) is 17.5 Å². The van der Waals surface area contributed by atoms with Gasteiger partial charge >= 0.3 is 0 Å². The first-order chi connectivity index (χ1) is 6.47. The van der Waals surface area contributed by atoms with Crippen molar-refractivity contribution in [1.29, 1.82) is 0 Å². The number of rotatable bonds is 2. The minimum Gasteiger partial charge on any atom is -0.444 e. The normalized spacial score (nSPS) is 44.2. The molecule has 0 spiro atoms. The highest BCUT2D eigenvalue weighted by Gasteiger charge is 2.53. The third-order valence-corrected chi connectivity index (χ3v) is 2.51. The Balaban J connectivity index is 2.16. The van der Waals surface area contributed by atoms with Gasteiger partial charge in [-0.15, -0.1) is 0 Å². The number of aliphatic hydroxyl groups is 1. The van der Waals surface area contributed by atoms with Gasteiger partial charge in [0.15, 0.2) is 5.79 Å². The van der Waals surface area contributed by atoms with E-state index < -0.39 is 17.5 Å². The molecule has 0 aromatic heterocycles. The molecule has 0 bridgehead atoms. The maximum absolute atomic E-state index is 10.1. The third kappa shape index (κ3) is 1.50. The van der Waals surface area contributed by atoms with Crippen molar-refractivity contribution in [2.75, 3.05) is 6.61 Å². The van der Waals surface area contributed by atoms with Crippen LogP contribution in [0.1, 0.15) is 13.8 Å². The molecule has 76 valence electrons. The van der Waals surface area contributed by atoms with Crippen molar-refractivity contribution >= 4 is 8.05 Å². The van der Waals surface area contributed by atoms with E-state index in [0.717, 1.165) is 0 Å². The summed E-state index contributed by atoms with van der Waals surface area (Å²) >= 11 is 0. The van der Waals surface area contributed by atoms with E-state index in [9.17, 15) is 5.11 Å². The smallest absolute Gasteiger partial charge is 0.282 e. The summed E-state index contributed by atoms with van der Waals surface area (Å²) in [6.45, 7) is 3.62. The van der Waals surface area contributed by atoms with Gasteiger partial charge in [-0.1, -0.05) is 6.08 Å². The topological polar surface area (TPSA) is 47.9 Å². The molecule has 14 heavy (non-hydrogen) atoms. The summed E-state index contributed by atoms with van der Waals surface area (Å²) in [7, 11) is 4.95. The van der Waals surface area contributed by atoms with Crippen LogP contribution in [0.25, 0.3) is 0 Å². The van der Waals surface area contributed by atoms with Crippen molar-refractivity contribution in [3.63, 3.8) is 0 Å². The molecule has 0 aromatic carbocycles. The fourth-order valence-electron chi connectivity index (χ4n) is 1.94. The first-order valence-electron chi connectivity index (χ1n) is 4.56. The maximum atomic E-state index is 10.1. The van der Waals surface area contributed by atoms with Gasteiger partial charge in [-0.25, -0.2) is 0 Å². The zero-order valence-corrected chi connectivity index (χ0v) is 8.27. The molecular formula is C9H13BO4.